The molecule has 0 saturated carbocycles. The molecular weight excluding hydrogens is 230 g/mol. The van der Waals surface area contributed by atoms with E-state index < -0.39 is 22.1 Å². The van der Waals surface area contributed by atoms with Gasteiger partial charge < -0.3 is 10.3 Å². The number of carbonyl (C=O) groups excluding carboxylic acids is 1. The zero-order valence-electron chi connectivity index (χ0n) is 8.29. The Labute approximate surface area is 93.4 Å². The first-order chi connectivity index (χ1) is 7.52. The van der Waals surface area contributed by atoms with Crippen LogP contribution in [0.3, 0.4) is 0 Å². The summed E-state index contributed by atoms with van der Waals surface area (Å²) in [4.78, 5) is 22.5. The van der Waals surface area contributed by atoms with Crippen LogP contribution < -0.4 is 11.3 Å². The highest BCUT2D eigenvalue weighted by molar-refractivity contribution is 7.76. The van der Waals surface area contributed by atoms with Gasteiger partial charge in [-0.05, 0) is 12.1 Å². The van der Waals surface area contributed by atoms with Crippen molar-refractivity contribution < 1.29 is 9.00 Å². The summed E-state index contributed by atoms with van der Waals surface area (Å²) in [5.41, 5.74) is 4.42. The molecule has 1 unspecified atom stereocenters. The first-order valence-corrected chi connectivity index (χ1v) is 5.69. The molecule has 1 aromatic heterocycles. The van der Waals surface area contributed by atoms with Gasteiger partial charge in [0, 0.05) is 18.1 Å². The first-order valence-electron chi connectivity index (χ1n) is 4.36. The van der Waals surface area contributed by atoms with Crippen LogP contribution in [0, 0.1) is 4.78 Å². The number of rotatable bonds is 4. The molecule has 0 fully saturated rings. The number of amides is 1. The van der Waals surface area contributed by atoms with E-state index in [4.69, 9.17) is 10.5 Å². The fourth-order valence-electron chi connectivity index (χ4n) is 1.12. The molecule has 0 aliphatic rings. The van der Waals surface area contributed by atoms with Crippen molar-refractivity contribution in [1.29, 1.82) is 4.78 Å². The lowest BCUT2D eigenvalue weighted by molar-refractivity contribution is 0.0998. The van der Waals surface area contributed by atoms with Crippen molar-refractivity contribution in [2.24, 2.45) is 5.73 Å². The van der Waals surface area contributed by atoms with Crippen LogP contribution in [0.2, 0.25) is 0 Å². The summed E-state index contributed by atoms with van der Waals surface area (Å²) >= 11 is 0. The Bertz CT molecular complexity index is 549. The van der Waals surface area contributed by atoms with Crippen LogP contribution in [0.25, 0.3) is 0 Å². The van der Waals surface area contributed by atoms with Crippen LogP contribution in [-0.4, -0.2) is 14.7 Å². The molecule has 3 N–H and O–H groups in total. The molecule has 1 aromatic rings. The smallest absolute Gasteiger partial charge is 0.263 e. The largest absolute Gasteiger partial charge is 0.365 e. The number of nitrogens with zero attached hydrogens (tertiary/aromatic N) is 1. The minimum Gasteiger partial charge on any atom is -0.365 e. The van der Waals surface area contributed by atoms with Crippen molar-refractivity contribution in [1.82, 2.24) is 4.57 Å². The molecule has 0 aromatic carbocycles. The summed E-state index contributed by atoms with van der Waals surface area (Å²) in [5.74, 6) is -0.783. The number of pyridine rings is 1. The maximum Gasteiger partial charge on any atom is 0.263 e. The number of allylic oxidation sites excluding steroid dienone is 1. The van der Waals surface area contributed by atoms with Crippen molar-refractivity contribution in [3.63, 3.8) is 0 Å². The van der Waals surface area contributed by atoms with E-state index in [2.05, 4.69) is 0 Å². The van der Waals surface area contributed by atoms with Crippen LogP contribution in [0.1, 0.15) is 10.4 Å². The third-order valence-electron chi connectivity index (χ3n) is 1.83. The second-order valence-corrected chi connectivity index (χ2v) is 3.90. The fraction of sp³-hybridized carbons (Fsp3) is 0.111. The van der Waals surface area contributed by atoms with Gasteiger partial charge in [0.15, 0.2) is 0 Å². The molecule has 0 saturated heterocycles. The number of aromatic nitrogens is 1. The van der Waals surface area contributed by atoms with Crippen molar-refractivity contribution >= 4 is 16.5 Å². The minimum absolute atomic E-state index is 0.0915. The highest BCUT2D eigenvalue weighted by atomic mass is 32.2. The average Bonchev–Trinajstić information content (AvgIpc) is 2.19. The van der Waals surface area contributed by atoms with Gasteiger partial charge in [-0.1, -0.05) is 6.08 Å². The number of hydrogen-bond acceptors (Lipinski definition) is 4. The number of primary amides is 1. The van der Waals surface area contributed by atoms with Gasteiger partial charge in [-0.2, -0.15) is 0 Å². The number of nitrogens with one attached hydrogen (secondary N) is 1. The van der Waals surface area contributed by atoms with E-state index in [1.165, 1.54) is 34.4 Å². The Morgan fingerprint density at radius 1 is 1.62 bits per heavy atom. The molecule has 0 radical (unpaired) electrons. The predicted molar refractivity (Wildman–Crippen MR) is 60.6 cm³/mol. The quantitative estimate of drug-likeness (QED) is 0.630. The van der Waals surface area contributed by atoms with E-state index in [1.807, 2.05) is 0 Å². The Morgan fingerprint density at radius 3 is 2.88 bits per heavy atom. The topological polar surface area (TPSA) is 106 Å². The maximum atomic E-state index is 11.6. The van der Waals surface area contributed by atoms with E-state index in [-0.39, 0.29) is 12.1 Å². The second-order valence-electron chi connectivity index (χ2n) is 2.95. The van der Waals surface area contributed by atoms with Gasteiger partial charge >= 0.3 is 0 Å². The lowest BCUT2D eigenvalue weighted by atomic mass is 10.2. The molecule has 1 amide bonds. The van der Waals surface area contributed by atoms with Gasteiger partial charge in [0.05, 0.1) is 10.6 Å². The maximum absolute atomic E-state index is 11.6. The van der Waals surface area contributed by atoms with Gasteiger partial charge in [-0.25, -0.2) is 4.21 Å². The molecule has 6 nitrogen and oxygen atoms in total. The van der Waals surface area contributed by atoms with Gasteiger partial charge in [0.2, 0.25) is 0 Å². The molecule has 0 aliphatic heterocycles. The Kier molecular flexibility index (Phi) is 4.01. The molecule has 7 heteroatoms. The Balaban J connectivity index is 3.03. The second kappa shape index (κ2) is 5.26. The van der Waals surface area contributed by atoms with E-state index in [0.717, 1.165) is 0 Å². The summed E-state index contributed by atoms with van der Waals surface area (Å²) in [6.07, 6.45) is 2.91. The third kappa shape index (κ3) is 3.06. The SMILES string of the molecule is N=[SH](=O)C=CCn1cccc(C(N)=O)c1=O. The molecule has 0 spiro atoms. The Hall–Kier alpha value is -1.89. The van der Waals surface area contributed by atoms with E-state index >= 15 is 0 Å². The highest BCUT2D eigenvalue weighted by Gasteiger charge is 2.06. The van der Waals surface area contributed by atoms with E-state index in [0.29, 0.717) is 0 Å². The predicted octanol–water partition coefficient (Wildman–Crippen LogP) is -0.296. The van der Waals surface area contributed by atoms with Crippen LogP contribution in [0.5, 0.6) is 0 Å². The summed E-state index contributed by atoms with van der Waals surface area (Å²) < 4.78 is 18.5. The van der Waals surface area contributed by atoms with Gasteiger partial charge in [-0.15, -0.1) is 0 Å². The van der Waals surface area contributed by atoms with Crippen LogP contribution in [-0.2, 0) is 17.1 Å². The number of nitrogens with two attached hydrogens (primary N) is 1. The minimum atomic E-state index is -2.11. The standard InChI is InChI=1S/C9H11N3O3S/c10-8(13)7-3-1-4-12(9(7)14)5-2-6-16(11)15/h1-4,6,11,16H,5H2,(H2,10,13). The third-order valence-corrected chi connectivity index (χ3v) is 2.31. The van der Waals surface area contributed by atoms with Crippen LogP contribution in [0.4, 0.5) is 0 Å². The normalized spacial score (nSPS) is 12.8. The van der Waals surface area contributed by atoms with E-state index in [1.54, 1.807) is 0 Å². The molecule has 1 rings (SSSR count). The number of carbonyl (C=O) groups is 1. The summed E-state index contributed by atoms with van der Waals surface area (Å²) in [5, 5.41) is 1.18. The fourth-order valence-corrected chi connectivity index (χ4v) is 1.41. The molecule has 1 heterocycles. The van der Waals surface area contributed by atoms with Crippen LogP contribution in [0.15, 0.2) is 34.6 Å². The van der Waals surface area contributed by atoms with Gasteiger partial charge in [0.25, 0.3) is 11.5 Å². The molecule has 0 aliphatic carbocycles. The van der Waals surface area contributed by atoms with Gasteiger partial charge in [-0.3, -0.25) is 14.4 Å². The summed E-state index contributed by atoms with van der Waals surface area (Å²) in [6.45, 7) is 0.153. The lowest BCUT2D eigenvalue weighted by Gasteiger charge is -2.02. The van der Waals surface area contributed by atoms with Crippen molar-refractivity contribution in [3.8, 4) is 0 Å². The number of thiol groups is 1. The molecule has 0 bridgehead atoms. The van der Waals surface area contributed by atoms with Crippen molar-refractivity contribution in [2.75, 3.05) is 0 Å². The summed E-state index contributed by atoms with van der Waals surface area (Å²) in [7, 11) is -2.11. The lowest BCUT2D eigenvalue weighted by Crippen LogP contribution is -2.28. The molecule has 86 valence electrons. The Morgan fingerprint density at radius 2 is 2.31 bits per heavy atom. The van der Waals surface area contributed by atoms with Crippen molar-refractivity contribution in [3.05, 3.63) is 45.7 Å². The number of hydrogen-bond donors (Lipinski definition) is 3. The zero-order valence-corrected chi connectivity index (χ0v) is 9.18. The molecule has 16 heavy (non-hydrogen) atoms. The highest BCUT2D eigenvalue weighted by Crippen LogP contribution is 1.91. The van der Waals surface area contributed by atoms with E-state index in [9.17, 15) is 13.8 Å². The van der Waals surface area contributed by atoms with Gasteiger partial charge in [0.1, 0.15) is 5.56 Å². The zero-order chi connectivity index (χ0) is 12.1. The first kappa shape index (κ1) is 12.2. The monoisotopic (exact) mass is 241 g/mol. The molecule has 1 atom stereocenters. The van der Waals surface area contributed by atoms with Crippen molar-refractivity contribution in [2.45, 2.75) is 6.54 Å². The molecular formula is C9H11N3O3S. The average molecular weight is 241 g/mol. The van der Waals surface area contributed by atoms with Crippen LogP contribution >= 0.6 is 0 Å². The summed E-state index contributed by atoms with van der Waals surface area (Å²) in [6, 6.07) is 2.87.